The monoisotopic (exact) mass is 387 g/mol. The number of benzene rings is 2. The molecule has 1 saturated carbocycles. The van der Waals surface area contributed by atoms with Gasteiger partial charge in [0.2, 0.25) is 0 Å². The maximum atomic E-state index is 12.5. The Labute approximate surface area is 173 Å². The van der Waals surface area contributed by atoms with Gasteiger partial charge in [-0.2, -0.15) is 0 Å². The Morgan fingerprint density at radius 3 is 2.48 bits per heavy atom. The van der Waals surface area contributed by atoms with Crippen molar-refractivity contribution in [1.82, 2.24) is 5.32 Å². The number of ether oxygens (including phenoxy) is 1. The fourth-order valence-electron chi connectivity index (χ4n) is 4.58. The van der Waals surface area contributed by atoms with Crippen LogP contribution < -0.4 is 10.1 Å². The Balaban J connectivity index is 1.39. The molecule has 1 fully saturated rings. The van der Waals surface area contributed by atoms with Crippen molar-refractivity contribution in [2.75, 3.05) is 0 Å². The zero-order chi connectivity index (χ0) is 20.6. The second-order valence-electron chi connectivity index (χ2n) is 8.96. The third-order valence-corrected chi connectivity index (χ3v) is 6.29. The van der Waals surface area contributed by atoms with Crippen LogP contribution in [0.4, 0.5) is 4.79 Å². The summed E-state index contributed by atoms with van der Waals surface area (Å²) in [7, 11) is 0. The quantitative estimate of drug-likeness (QED) is 0.601. The minimum Gasteiger partial charge on any atom is -0.410 e. The van der Waals surface area contributed by atoms with Crippen LogP contribution in [-0.2, 0) is 5.54 Å². The lowest BCUT2D eigenvalue weighted by atomic mass is 9.87. The molecule has 3 unspecified atom stereocenters. The number of fused-ring (bicyclic) bond motifs is 2. The lowest BCUT2D eigenvalue weighted by molar-refractivity contribution is 0.188. The fourth-order valence-corrected chi connectivity index (χ4v) is 4.58. The van der Waals surface area contributed by atoms with Gasteiger partial charge in [-0.25, -0.2) is 4.79 Å². The van der Waals surface area contributed by atoms with Gasteiger partial charge in [0.25, 0.3) is 0 Å². The maximum Gasteiger partial charge on any atom is 0.413 e. The van der Waals surface area contributed by atoms with E-state index in [2.05, 4.69) is 42.2 Å². The molecule has 0 radical (unpaired) electrons. The molecular weight excluding hydrogens is 358 g/mol. The normalized spacial score (nSPS) is 22.5. The summed E-state index contributed by atoms with van der Waals surface area (Å²) in [5.74, 6) is 2.59. The summed E-state index contributed by atoms with van der Waals surface area (Å²) >= 11 is 0. The molecule has 4 rings (SSSR count). The molecule has 2 bridgehead atoms. The van der Waals surface area contributed by atoms with Crippen molar-refractivity contribution in [3.05, 3.63) is 84.0 Å². The lowest BCUT2D eigenvalue weighted by Gasteiger charge is -2.27. The van der Waals surface area contributed by atoms with Gasteiger partial charge in [-0.15, -0.1) is 0 Å². The molecule has 1 amide bonds. The van der Waals surface area contributed by atoms with Crippen molar-refractivity contribution in [2.24, 2.45) is 11.8 Å². The number of carbonyl (C=O) groups excluding carboxylic acids is 1. The number of nitrogens with one attached hydrogen (secondary N) is 1. The lowest BCUT2D eigenvalue weighted by Crippen LogP contribution is -2.42. The SMILES string of the molecule is C=C(C)c1cccc(C(C)(C)NC(=O)Oc2ccc(C3CC4C=CC3C4)cc2)c1. The minimum atomic E-state index is -0.558. The molecule has 3 nitrogen and oxygen atoms in total. The Morgan fingerprint density at radius 2 is 1.86 bits per heavy atom. The van der Waals surface area contributed by atoms with E-state index in [1.807, 2.05) is 51.1 Å². The summed E-state index contributed by atoms with van der Waals surface area (Å²) in [6, 6.07) is 16.1. The average molecular weight is 388 g/mol. The molecule has 3 heteroatoms. The second-order valence-corrected chi connectivity index (χ2v) is 8.96. The highest BCUT2D eigenvalue weighted by Gasteiger charge is 2.36. The molecule has 2 aromatic rings. The van der Waals surface area contributed by atoms with E-state index in [0.717, 1.165) is 22.6 Å². The van der Waals surface area contributed by atoms with Gasteiger partial charge in [-0.1, -0.05) is 54.6 Å². The summed E-state index contributed by atoms with van der Waals surface area (Å²) < 4.78 is 5.55. The first-order valence-electron chi connectivity index (χ1n) is 10.4. The molecule has 150 valence electrons. The Morgan fingerprint density at radius 1 is 1.10 bits per heavy atom. The van der Waals surface area contributed by atoms with Gasteiger partial charge in [0.05, 0.1) is 5.54 Å². The molecule has 2 aromatic carbocycles. The van der Waals surface area contributed by atoms with E-state index in [-0.39, 0.29) is 0 Å². The molecule has 3 atom stereocenters. The van der Waals surface area contributed by atoms with Crippen LogP contribution >= 0.6 is 0 Å². The molecular formula is C26H29NO2. The number of carbonyl (C=O) groups is 1. The molecule has 0 saturated heterocycles. The topological polar surface area (TPSA) is 38.3 Å². The van der Waals surface area contributed by atoms with E-state index >= 15 is 0 Å². The van der Waals surface area contributed by atoms with Crippen LogP contribution in [0.1, 0.15) is 56.2 Å². The second kappa shape index (κ2) is 7.55. The molecule has 0 spiro atoms. The highest BCUT2D eigenvalue weighted by molar-refractivity contribution is 5.72. The molecule has 0 aliphatic heterocycles. The Bertz CT molecular complexity index is 955. The first kappa shape index (κ1) is 19.5. The third kappa shape index (κ3) is 4.14. The fraction of sp³-hybridized carbons (Fsp3) is 0.346. The molecule has 2 aliphatic rings. The molecule has 0 heterocycles. The standard InChI is InChI=1S/C26H29NO2/c1-17(2)20-6-5-7-22(16-20)26(3,4)27-25(28)29-23-12-10-19(11-13-23)24-15-18-8-9-21(24)14-18/h5-13,16,18,21,24H,1,14-15H2,2-4H3,(H,27,28). The van der Waals surface area contributed by atoms with Crippen LogP contribution in [0, 0.1) is 11.8 Å². The predicted octanol–water partition coefficient (Wildman–Crippen LogP) is 6.42. The van der Waals surface area contributed by atoms with E-state index in [0.29, 0.717) is 17.6 Å². The van der Waals surface area contributed by atoms with Crippen LogP contribution in [-0.4, -0.2) is 6.09 Å². The van der Waals surface area contributed by atoms with Gasteiger partial charge >= 0.3 is 6.09 Å². The third-order valence-electron chi connectivity index (χ3n) is 6.29. The summed E-state index contributed by atoms with van der Waals surface area (Å²) in [4.78, 5) is 12.5. The smallest absolute Gasteiger partial charge is 0.410 e. The Kier molecular flexibility index (Phi) is 5.08. The number of rotatable bonds is 5. The Hall–Kier alpha value is -2.81. The highest BCUT2D eigenvalue weighted by Crippen LogP contribution is 2.48. The maximum absolute atomic E-state index is 12.5. The first-order chi connectivity index (χ1) is 13.8. The van der Waals surface area contributed by atoms with Crippen molar-refractivity contribution in [1.29, 1.82) is 0 Å². The summed E-state index contributed by atoms with van der Waals surface area (Å²) in [5, 5.41) is 2.98. The predicted molar refractivity (Wildman–Crippen MR) is 118 cm³/mol. The number of hydrogen-bond donors (Lipinski definition) is 1. The van der Waals surface area contributed by atoms with E-state index in [4.69, 9.17) is 4.74 Å². The van der Waals surface area contributed by atoms with Crippen molar-refractivity contribution in [3.8, 4) is 5.75 Å². The van der Waals surface area contributed by atoms with Crippen LogP contribution in [0.3, 0.4) is 0 Å². The minimum absolute atomic E-state index is 0.452. The van der Waals surface area contributed by atoms with Crippen LogP contribution in [0.2, 0.25) is 0 Å². The van der Waals surface area contributed by atoms with Crippen LogP contribution in [0.25, 0.3) is 5.57 Å². The van der Waals surface area contributed by atoms with Crippen molar-refractivity contribution < 1.29 is 9.53 Å². The largest absolute Gasteiger partial charge is 0.413 e. The van der Waals surface area contributed by atoms with Gasteiger partial charge in [0, 0.05) is 0 Å². The zero-order valence-corrected chi connectivity index (χ0v) is 17.4. The number of hydrogen-bond acceptors (Lipinski definition) is 2. The van der Waals surface area contributed by atoms with E-state index in [1.54, 1.807) is 0 Å². The molecule has 1 N–H and O–H groups in total. The van der Waals surface area contributed by atoms with Crippen molar-refractivity contribution >= 4 is 11.7 Å². The summed E-state index contributed by atoms with van der Waals surface area (Å²) in [6.07, 6.45) is 6.79. The molecule has 29 heavy (non-hydrogen) atoms. The van der Waals surface area contributed by atoms with Crippen LogP contribution in [0.5, 0.6) is 5.75 Å². The van der Waals surface area contributed by atoms with E-state index in [9.17, 15) is 4.79 Å². The number of allylic oxidation sites excluding steroid dienone is 3. The average Bonchev–Trinajstić information content (AvgIpc) is 3.32. The molecule has 0 aromatic heterocycles. The first-order valence-corrected chi connectivity index (χ1v) is 10.4. The number of amides is 1. The van der Waals surface area contributed by atoms with Gasteiger partial charge in [-0.05, 0) is 86.3 Å². The zero-order valence-electron chi connectivity index (χ0n) is 17.4. The highest BCUT2D eigenvalue weighted by atomic mass is 16.6. The van der Waals surface area contributed by atoms with E-state index < -0.39 is 11.6 Å². The van der Waals surface area contributed by atoms with Crippen molar-refractivity contribution in [3.63, 3.8) is 0 Å². The van der Waals surface area contributed by atoms with Gasteiger partial charge in [0.15, 0.2) is 0 Å². The van der Waals surface area contributed by atoms with Crippen molar-refractivity contribution in [2.45, 2.75) is 45.1 Å². The van der Waals surface area contributed by atoms with Gasteiger partial charge in [-0.3, -0.25) is 0 Å². The molecule has 2 aliphatic carbocycles. The summed E-state index contributed by atoms with van der Waals surface area (Å²) in [5.41, 5.74) is 3.85. The van der Waals surface area contributed by atoms with E-state index in [1.165, 1.54) is 18.4 Å². The summed E-state index contributed by atoms with van der Waals surface area (Å²) in [6.45, 7) is 9.91. The van der Waals surface area contributed by atoms with Gasteiger partial charge in [0.1, 0.15) is 5.75 Å². The van der Waals surface area contributed by atoms with Crippen LogP contribution in [0.15, 0.2) is 67.3 Å². The van der Waals surface area contributed by atoms with Gasteiger partial charge < -0.3 is 10.1 Å².